The maximum Gasteiger partial charge on any atom is 0.315 e. The second kappa shape index (κ2) is 6.57. The lowest BCUT2D eigenvalue weighted by Gasteiger charge is -2.46. The summed E-state index contributed by atoms with van der Waals surface area (Å²) in [4.78, 5) is 14.3. The summed E-state index contributed by atoms with van der Waals surface area (Å²) < 4.78 is 17.6. The van der Waals surface area contributed by atoms with Crippen LogP contribution in [0.5, 0.6) is 0 Å². The highest BCUT2D eigenvalue weighted by atomic mass is 16.7. The van der Waals surface area contributed by atoms with Crippen molar-refractivity contribution in [1.29, 1.82) is 0 Å². The zero-order chi connectivity index (χ0) is 18.6. The van der Waals surface area contributed by atoms with E-state index >= 15 is 0 Å². The summed E-state index contributed by atoms with van der Waals surface area (Å²) in [5.74, 6) is 0.192. The Balaban J connectivity index is 1.28. The highest BCUT2D eigenvalue weighted by Crippen LogP contribution is 2.54. The Kier molecular flexibility index (Phi) is 4.41. The molecule has 5 nitrogen and oxygen atoms in total. The van der Waals surface area contributed by atoms with Gasteiger partial charge in [-0.05, 0) is 44.4 Å². The van der Waals surface area contributed by atoms with Gasteiger partial charge in [0.1, 0.15) is 12.0 Å². The van der Waals surface area contributed by atoms with Crippen LogP contribution in [0.2, 0.25) is 0 Å². The first-order valence-electron chi connectivity index (χ1n) is 11.0. The number of quaternary nitrogens is 1. The minimum atomic E-state index is -0.321. The van der Waals surface area contributed by atoms with E-state index < -0.39 is 0 Å². The molecule has 0 aromatic heterocycles. The maximum atomic E-state index is 12.8. The summed E-state index contributed by atoms with van der Waals surface area (Å²) in [6.07, 6.45) is 7.91. The highest BCUT2D eigenvalue weighted by Gasteiger charge is 2.54. The van der Waals surface area contributed by atoms with Crippen molar-refractivity contribution < 1.29 is 23.9 Å². The number of rotatable bonds is 2. The molecule has 1 saturated carbocycles. The van der Waals surface area contributed by atoms with Crippen LogP contribution in [0.15, 0.2) is 11.1 Å². The average molecular weight is 377 g/mol. The zero-order valence-corrected chi connectivity index (χ0v) is 16.9. The summed E-state index contributed by atoms with van der Waals surface area (Å²) in [6, 6.07) is 0. The molecular formula is C22H34NO4+. The molecule has 0 amide bonds. The SMILES string of the molecule is CC1=C2C[C@@H]3[C@H](C[NH+]4CCC5(CC4)OCCO5)C(=O)O[C@@H]3C[C@]2(C)CCC1. The van der Waals surface area contributed by atoms with E-state index in [4.69, 9.17) is 14.2 Å². The van der Waals surface area contributed by atoms with Gasteiger partial charge in [-0.1, -0.05) is 18.1 Å². The highest BCUT2D eigenvalue weighted by molar-refractivity contribution is 5.75. The van der Waals surface area contributed by atoms with E-state index in [1.54, 1.807) is 11.1 Å². The number of hydrogen-bond acceptors (Lipinski definition) is 4. The van der Waals surface area contributed by atoms with Gasteiger partial charge in [0.2, 0.25) is 0 Å². The van der Waals surface area contributed by atoms with Crippen molar-refractivity contribution in [3.05, 3.63) is 11.1 Å². The average Bonchev–Trinajstić information content (AvgIpc) is 3.20. The van der Waals surface area contributed by atoms with E-state index in [1.807, 2.05) is 0 Å². The van der Waals surface area contributed by atoms with Crippen molar-refractivity contribution in [3.8, 4) is 0 Å². The number of piperidine rings is 1. The molecule has 0 bridgehead atoms. The number of likely N-dealkylation sites (tertiary alicyclic amines) is 1. The van der Waals surface area contributed by atoms with E-state index in [-0.39, 0.29) is 29.2 Å². The zero-order valence-electron chi connectivity index (χ0n) is 16.9. The fraction of sp³-hybridized carbons (Fsp3) is 0.864. The van der Waals surface area contributed by atoms with Crippen molar-refractivity contribution in [2.24, 2.45) is 17.3 Å². The lowest BCUT2D eigenvalue weighted by Crippen LogP contribution is -3.14. The van der Waals surface area contributed by atoms with Crippen molar-refractivity contribution in [1.82, 2.24) is 0 Å². The quantitative estimate of drug-likeness (QED) is 0.590. The van der Waals surface area contributed by atoms with Crippen LogP contribution in [0, 0.1) is 17.3 Å². The number of allylic oxidation sites excluding steroid dienone is 2. The molecule has 3 saturated heterocycles. The predicted octanol–water partition coefficient (Wildman–Crippen LogP) is 1.87. The number of carbonyl (C=O) groups is 1. The molecule has 1 N–H and O–H groups in total. The van der Waals surface area contributed by atoms with Gasteiger partial charge in [0.15, 0.2) is 5.79 Å². The van der Waals surface area contributed by atoms with Crippen LogP contribution in [-0.2, 0) is 19.0 Å². The molecule has 0 aromatic carbocycles. The van der Waals surface area contributed by atoms with Gasteiger partial charge < -0.3 is 19.1 Å². The van der Waals surface area contributed by atoms with E-state index in [2.05, 4.69) is 13.8 Å². The third-order valence-electron chi connectivity index (χ3n) is 8.22. The summed E-state index contributed by atoms with van der Waals surface area (Å²) in [6.45, 7) is 9.14. The summed E-state index contributed by atoms with van der Waals surface area (Å²) >= 11 is 0. The number of nitrogens with one attached hydrogen (secondary N) is 1. The third kappa shape index (κ3) is 3.06. The summed E-state index contributed by atoms with van der Waals surface area (Å²) in [5, 5.41) is 0. The molecule has 5 heteroatoms. The van der Waals surface area contributed by atoms with Gasteiger partial charge in [0.25, 0.3) is 0 Å². The van der Waals surface area contributed by atoms with E-state index in [0.717, 1.165) is 58.5 Å². The number of hydrogen-bond donors (Lipinski definition) is 1. The van der Waals surface area contributed by atoms with E-state index in [1.165, 1.54) is 24.2 Å². The van der Waals surface area contributed by atoms with Crippen LogP contribution in [-0.4, -0.2) is 50.7 Å². The number of carbonyl (C=O) groups excluding carboxylic acids is 1. The standard InChI is InChI=1S/C22H33NO4/c1-15-4-3-5-21(2)13-19-16(12-18(15)21)17(20(24)27-19)14-23-8-6-22(7-9-23)25-10-11-26-22/h16-17,19H,3-14H2,1-2H3/p+1/t16-,17+,19-,21+/m1/s1. The summed E-state index contributed by atoms with van der Waals surface area (Å²) in [5.41, 5.74) is 3.50. The molecule has 4 atom stereocenters. The van der Waals surface area contributed by atoms with Crippen LogP contribution in [0.1, 0.15) is 58.8 Å². The molecule has 0 aromatic rings. The van der Waals surface area contributed by atoms with Crippen molar-refractivity contribution in [2.45, 2.75) is 70.7 Å². The monoisotopic (exact) mass is 376 g/mol. The van der Waals surface area contributed by atoms with E-state index in [0.29, 0.717) is 5.92 Å². The second-order valence-corrected chi connectivity index (χ2v) is 9.89. The van der Waals surface area contributed by atoms with Crippen molar-refractivity contribution in [2.75, 3.05) is 32.8 Å². The van der Waals surface area contributed by atoms with Crippen LogP contribution in [0.25, 0.3) is 0 Å². The largest absolute Gasteiger partial charge is 0.462 e. The van der Waals surface area contributed by atoms with Gasteiger partial charge in [-0.25, -0.2) is 0 Å². The molecule has 150 valence electrons. The summed E-state index contributed by atoms with van der Waals surface area (Å²) in [7, 11) is 0. The molecule has 3 heterocycles. The Hall–Kier alpha value is -0.910. The molecule has 5 aliphatic rings. The van der Waals surface area contributed by atoms with Crippen LogP contribution < -0.4 is 4.90 Å². The molecule has 1 spiro atoms. The minimum Gasteiger partial charge on any atom is -0.462 e. The lowest BCUT2D eigenvalue weighted by molar-refractivity contribution is -0.911. The van der Waals surface area contributed by atoms with E-state index in [9.17, 15) is 4.79 Å². The molecule has 0 radical (unpaired) electrons. The Morgan fingerprint density at radius 1 is 1.15 bits per heavy atom. The van der Waals surface area contributed by atoms with Crippen molar-refractivity contribution in [3.63, 3.8) is 0 Å². The fourth-order valence-electron chi connectivity index (χ4n) is 6.63. The normalized spacial score (nSPS) is 41.6. The van der Waals surface area contributed by atoms with Gasteiger partial charge in [0.05, 0.1) is 45.7 Å². The van der Waals surface area contributed by atoms with Crippen LogP contribution >= 0.6 is 0 Å². The number of esters is 1. The third-order valence-corrected chi connectivity index (χ3v) is 8.22. The molecule has 0 unspecified atom stereocenters. The lowest BCUT2D eigenvalue weighted by atomic mass is 9.59. The Labute approximate surface area is 162 Å². The Morgan fingerprint density at radius 3 is 2.63 bits per heavy atom. The van der Waals surface area contributed by atoms with Gasteiger partial charge in [-0.3, -0.25) is 4.79 Å². The second-order valence-electron chi connectivity index (χ2n) is 9.89. The van der Waals surface area contributed by atoms with Gasteiger partial charge >= 0.3 is 5.97 Å². The van der Waals surface area contributed by atoms with Gasteiger partial charge in [-0.2, -0.15) is 0 Å². The first-order valence-corrected chi connectivity index (χ1v) is 11.0. The van der Waals surface area contributed by atoms with Crippen LogP contribution in [0.3, 0.4) is 0 Å². The molecule has 4 fully saturated rings. The molecule has 27 heavy (non-hydrogen) atoms. The van der Waals surface area contributed by atoms with Crippen LogP contribution in [0.4, 0.5) is 0 Å². The predicted molar refractivity (Wildman–Crippen MR) is 100 cm³/mol. The molecule has 3 aliphatic heterocycles. The van der Waals surface area contributed by atoms with Gasteiger partial charge in [0, 0.05) is 5.92 Å². The Bertz CT molecular complexity index is 643. The topological polar surface area (TPSA) is 49.2 Å². The molecule has 2 aliphatic carbocycles. The maximum absolute atomic E-state index is 12.8. The number of fused-ring (bicyclic) bond motifs is 2. The molecular weight excluding hydrogens is 342 g/mol. The fourth-order valence-corrected chi connectivity index (χ4v) is 6.63. The Morgan fingerprint density at radius 2 is 1.89 bits per heavy atom. The number of ether oxygens (including phenoxy) is 3. The first-order chi connectivity index (χ1) is 13.0. The molecule has 5 rings (SSSR count). The van der Waals surface area contributed by atoms with Gasteiger partial charge in [-0.15, -0.1) is 0 Å². The minimum absolute atomic E-state index is 0.0617. The smallest absolute Gasteiger partial charge is 0.315 e. The van der Waals surface area contributed by atoms with Crippen molar-refractivity contribution >= 4 is 5.97 Å². The first kappa shape index (κ1) is 18.1.